The van der Waals surface area contributed by atoms with Crippen LogP contribution in [0.2, 0.25) is 0 Å². The van der Waals surface area contributed by atoms with Crippen LogP contribution in [0.25, 0.3) is 0 Å². The Morgan fingerprint density at radius 2 is 2.28 bits per heavy atom. The monoisotopic (exact) mass is 251 g/mol. The minimum absolute atomic E-state index is 0.356. The van der Waals surface area contributed by atoms with Crippen LogP contribution >= 0.6 is 0 Å². The molecular weight excluding hydrogens is 234 g/mol. The molecule has 0 aromatic carbocycles. The van der Waals surface area contributed by atoms with Gasteiger partial charge in [0.25, 0.3) is 0 Å². The first-order valence-electron chi connectivity index (χ1n) is 5.93. The van der Waals surface area contributed by atoms with Crippen LogP contribution in [0.1, 0.15) is 25.0 Å². The molecule has 0 saturated heterocycles. The average molecular weight is 251 g/mol. The molecule has 0 unspecified atom stereocenters. The molecule has 1 aliphatic rings. The van der Waals surface area contributed by atoms with Gasteiger partial charge in [-0.05, 0) is 19.8 Å². The zero-order valence-electron chi connectivity index (χ0n) is 10.6. The van der Waals surface area contributed by atoms with E-state index in [1.165, 1.54) is 7.11 Å². The Morgan fingerprint density at radius 1 is 1.56 bits per heavy atom. The van der Waals surface area contributed by atoms with E-state index in [2.05, 4.69) is 15.3 Å². The maximum absolute atomic E-state index is 11.2. The molecule has 1 heterocycles. The highest BCUT2D eigenvalue weighted by atomic mass is 16.5. The highest BCUT2D eigenvalue weighted by Crippen LogP contribution is 2.41. The van der Waals surface area contributed by atoms with Gasteiger partial charge in [0.15, 0.2) is 0 Å². The fraction of sp³-hybridized carbons (Fsp3) is 0.583. The van der Waals surface area contributed by atoms with E-state index in [4.69, 9.17) is 4.74 Å². The highest BCUT2D eigenvalue weighted by molar-refractivity contribution is 5.76. The van der Waals surface area contributed by atoms with Gasteiger partial charge >= 0.3 is 5.97 Å². The largest absolute Gasteiger partial charge is 0.481 e. The van der Waals surface area contributed by atoms with Crippen LogP contribution < -0.4 is 10.1 Å². The number of rotatable bonds is 5. The summed E-state index contributed by atoms with van der Waals surface area (Å²) in [6.07, 6.45) is 2.38. The number of hydrogen-bond acceptors (Lipinski definition) is 5. The van der Waals surface area contributed by atoms with Gasteiger partial charge in [-0.1, -0.05) is 6.42 Å². The molecule has 0 atom stereocenters. The van der Waals surface area contributed by atoms with Crippen molar-refractivity contribution in [1.29, 1.82) is 0 Å². The Labute approximate surface area is 105 Å². The smallest absolute Gasteiger partial charge is 0.311 e. The molecule has 2 N–H and O–H groups in total. The quantitative estimate of drug-likeness (QED) is 0.824. The number of aryl methyl sites for hydroxylation is 1. The summed E-state index contributed by atoms with van der Waals surface area (Å²) in [5.74, 6) is 0.142. The molecule has 1 aromatic heterocycles. The van der Waals surface area contributed by atoms with Gasteiger partial charge in [0.1, 0.15) is 0 Å². The Kier molecular flexibility index (Phi) is 3.36. The van der Waals surface area contributed by atoms with Crippen molar-refractivity contribution >= 4 is 11.9 Å². The average Bonchev–Trinajstić information content (AvgIpc) is 2.26. The summed E-state index contributed by atoms with van der Waals surface area (Å²) in [4.78, 5) is 19.6. The van der Waals surface area contributed by atoms with E-state index in [-0.39, 0.29) is 0 Å². The summed E-state index contributed by atoms with van der Waals surface area (Å²) in [5.41, 5.74) is 0.128. The van der Waals surface area contributed by atoms with Crippen LogP contribution in [0.4, 0.5) is 5.95 Å². The maximum atomic E-state index is 11.2. The number of aromatic nitrogens is 2. The first-order chi connectivity index (χ1) is 8.55. The number of carboxylic acids is 1. The summed E-state index contributed by atoms with van der Waals surface area (Å²) in [6.45, 7) is 2.20. The molecule has 1 saturated carbocycles. The number of methoxy groups -OCH3 is 1. The van der Waals surface area contributed by atoms with Gasteiger partial charge in [-0.2, -0.15) is 4.98 Å². The molecule has 6 heteroatoms. The van der Waals surface area contributed by atoms with Gasteiger partial charge in [0.2, 0.25) is 11.8 Å². The molecule has 1 aliphatic carbocycles. The molecule has 98 valence electrons. The predicted octanol–water partition coefficient (Wildman–Crippen LogP) is 1.46. The maximum Gasteiger partial charge on any atom is 0.311 e. The number of nitrogens with zero attached hydrogens (tertiary/aromatic N) is 2. The van der Waals surface area contributed by atoms with Gasteiger partial charge in [0, 0.05) is 18.3 Å². The lowest BCUT2D eigenvalue weighted by Gasteiger charge is -2.37. The Balaban J connectivity index is 2.06. The number of hydrogen-bond donors (Lipinski definition) is 2. The molecule has 0 radical (unpaired) electrons. The van der Waals surface area contributed by atoms with Crippen molar-refractivity contribution in [2.24, 2.45) is 5.41 Å². The number of carbonyl (C=O) groups is 1. The SMILES string of the molecule is COc1cc(C)nc(NCC2(C(=O)O)CCC2)n1. The van der Waals surface area contributed by atoms with Crippen molar-refractivity contribution in [3.63, 3.8) is 0 Å². The van der Waals surface area contributed by atoms with E-state index in [9.17, 15) is 9.90 Å². The topological polar surface area (TPSA) is 84.3 Å². The van der Waals surface area contributed by atoms with E-state index in [0.717, 1.165) is 12.1 Å². The van der Waals surface area contributed by atoms with Gasteiger partial charge < -0.3 is 15.2 Å². The first-order valence-corrected chi connectivity index (χ1v) is 5.93. The lowest BCUT2D eigenvalue weighted by molar-refractivity contribution is -0.153. The van der Waals surface area contributed by atoms with Gasteiger partial charge in [-0.25, -0.2) is 4.98 Å². The van der Waals surface area contributed by atoms with Gasteiger partial charge in [-0.15, -0.1) is 0 Å². The number of ether oxygens (including phenoxy) is 1. The number of anilines is 1. The molecule has 0 spiro atoms. The summed E-state index contributed by atoms with van der Waals surface area (Å²) >= 11 is 0. The van der Waals surface area contributed by atoms with Crippen LogP contribution in [-0.4, -0.2) is 34.7 Å². The third-order valence-corrected chi connectivity index (χ3v) is 3.39. The summed E-state index contributed by atoms with van der Waals surface area (Å²) in [6, 6.07) is 1.72. The molecular formula is C12H17N3O3. The third kappa shape index (κ3) is 2.37. The molecule has 2 rings (SSSR count). The second-order valence-corrected chi connectivity index (χ2v) is 4.67. The van der Waals surface area contributed by atoms with Crippen molar-refractivity contribution in [1.82, 2.24) is 9.97 Å². The summed E-state index contributed by atoms with van der Waals surface area (Å²) in [7, 11) is 1.54. The zero-order chi connectivity index (χ0) is 13.2. The molecule has 6 nitrogen and oxygen atoms in total. The van der Waals surface area contributed by atoms with Crippen LogP contribution in [0.15, 0.2) is 6.07 Å². The fourth-order valence-corrected chi connectivity index (χ4v) is 2.04. The van der Waals surface area contributed by atoms with E-state index < -0.39 is 11.4 Å². The number of aliphatic carboxylic acids is 1. The minimum atomic E-state index is -0.749. The summed E-state index contributed by atoms with van der Waals surface area (Å²) < 4.78 is 5.05. The van der Waals surface area contributed by atoms with E-state index >= 15 is 0 Å². The van der Waals surface area contributed by atoms with Crippen LogP contribution in [0, 0.1) is 12.3 Å². The lowest BCUT2D eigenvalue weighted by Crippen LogP contribution is -2.43. The molecule has 1 aromatic rings. The number of carboxylic acid groups (broad SMARTS) is 1. The van der Waals surface area contributed by atoms with Crippen LogP contribution in [0.3, 0.4) is 0 Å². The van der Waals surface area contributed by atoms with Crippen molar-refractivity contribution in [2.45, 2.75) is 26.2 Å². The predicted molar refractivity (Wildman–Crippen MR) is 65.7 cm³/mol. The van der Waals surface area contributed by atoms with Crippen LogP contribution in [-0.2, 0) is 4.79 Å². The number of nitrogens with one attached hydrogen (secondary N) is 1. The van der Waals surface area contributed by atoms with Crippen molar-refractivity contribution < 1.29 is 14.6 Å². The van der Waals surface area contributed by atoms with Crippen LogP contribution in [0.5, 0.6) is 5.88 Å². The molecule has 0 amide bonds. The second-order valence-electron chi connectivity index (χ2n) is 4.67. The van der Waals surface area contributed by atoms with Gasteiger partial charge in [0.05, 0.1) is 12.5 Å². The molecule has 0 aliphatic heterocycles. The highest BCUT2D eigenvalue weighted by Gasteiger charge is 2.44. The lowest BCUT2D eigenvalue weighted by atomic mass is 9.69. The Hall–Kier alpha value is -1.85. The van der Waals surface area contributed by atoms with Crippen molar-refractivity contribution in [3.8, 4) is 5.88 Å². The second kappa shape index (κ2) is 4.80. The van der Waals surface area contributed by atoms with E-state index in [0.29, 0.717) is 31.2 Å². The van der Waals surface area contributed by atoms with E-state index in [1.54, 1.807) is 6.07 Å². The summed E-state index contributed by atoms with van der Waals surface area (Å²) in [5, 5.41) is 12.2. The van der Waals surface area contributed by atoms with Crippen molar-refractivity contribution in [2.75, 3.05) is 19.0 Å². The Morgan fingerprint density at radius 3 is 2.78 bits per heavy atom. The molecule has 0 bridgehead atoms. The molecule has 1 fully saturated rings. The minimum Gasteiger partial charge on any atom is -0.481 e. The normalized spacial score (nSPS) is 16.8. The first kappa shape index (κ1) is 12.6. The molecule has 18 heavy (non-hydrogen) atoms. The zero-order valence-corrected chi connectivity index (χ0v) is 10.6. The third-order valence-electron chi connectivity index (χ3n) is 3.39. The van der Waals surface area contributed by atoms with E-state index in [1.807, 2.05) is 6.92 Å². The standard InChI is InChI=1S/C12H17N3O3/c1-8-6-9(18-2)15-11(14-8)13-7-12(10(16)17)4-3-5-12/h6H,3-5,7H2,1-2H3,(H,16,17)(H,13,14,15). The Bertz CT molecular complexity index is 458. The van der Waals surface area contributed by atoms with Crippen molar-refractivity contribution in [3.05, 3.63) is 11.8 Å². The van der Waals surface area contributed by atoms with Gasteiger partial charge in [-0.3, -0.25) is 4.79 Å². The fourth-order valence-electron chi connectivity index (χ4n) is 2.04.